The number of halogens is 4. The monoisotopic (exact) mass is 1170 g/mol. The van der Waals surface area contributed by atoms with Gasteiger partial charge in [0.05, 0.1) is 0 Å². The van der Waals surface area contributed by atoms with E-state index in [4.69, 9.17) is 0 Å². The molecule has 0 bridgehead atoms. The highest BCUT2D eigenvalue weighted by Gasteiger charge is 2.24. The Kier molecular flexibility index (Phi) is 16.6. The summed E-state index contributed by atoms with van der Waals surface area (Å²) in [5, 5.41) is 5.29. The van der Waals surface area contributed by atoms with Crippen molar-refractivity contribution in [1.82, 2.24) is 43.5 Å². The minimum Gasteiger partial charge on any atom is -0.346 e. The van der Waals surface area contributed by atoms with Gasteiger partial charge in [-0.2, -0.15) is 0 Å². The van der Waals surface area contributed by atoms with Crippen LogP contribution in [0.3, 0.4) is 0 Å². The molecule has 13 heteroatoms. The van der Waals surface area contributed by atoms with Gasteiger partial charge in [0.2, 0.25) is 0 Å². The van der Waals surface area contributed by atoms with Gasteiger partial charge < -0.3 is 23.6 Å². The second kappa shape index (κ2) is 22.8. The summed E-state index contributed by atoms with van der Waals surface area (Å²) >= 11 is 13.7. The van der Waals surface area contributed by atoms with Gasteiger partial charge in [0.1, 0.15) is 41.0 Å². The molecular weight excluding hydrogens is 1110 g/mol. The van der Waals surface area contributed by atoms with Gasteiger partial charge in [-0.25, -0.2) is 19.9 Å². The van der Waals surface area contributed by atoms with Crippen molar-refractivity contribution in [2.75, 3.05) is 20.1 Å². The number of aromatic amines is 1. The van der Waals surface area contributed by atoms with Crippen LogP contribution < -0.4 is 0 Å². The first-order chi connectivity index (χ1) is 33.0. The van der Waals surface area contributed by atoms with Crippen molar-refractivity contribution in [1.29, 1.82) is 0 Å². The van der Waals surface area contributed by atoms with Gasteiger partial charge >= 0.3 is 0 Å². The fraction of sp³-hybridized carbons (Fsp3) is 0.491. The number of nitrogens with one attached hydrogen (secondary N) is 1. The summed E-state index contributed by atoms with van der Waals surface area (Å²) in [7, 11) is 8.47. The van der Waals surface area contributed by atoms with E-state index >= 15 is 0 Å². The average molecular weight is 1170 g/mol. The number of hydrogen-bond acceptors (Lipinski definition) is 5. The van der Waals surface area contributed by atoms with Gasteiger partial charge in [0.15, 0.2) is 0 Å². The van der Waals surface area contributed by atoms with Crippen LogP contribution in [-0.2, 0) is 21.1 Å². The predicted molar refractivity (Wildman–Crippen MR) is 296 cm³/mol. The highest BCUT2D eigenvalue weighted by molar-refractivity contribution is 9.11. The van der Waals surface area contributed by atoms with Crippen molar-refractivity contribution in [3.63, 3.8) is 0 Å². The Hall–Kier alpha value is -3.36. The first kappa shape index (κ1) is 49.6. The number of rotatable bonds is 4. The van der Waals surface area contributed by atoms with Crippen molar-refractivity contribution in [2.24, 2.45) is 21.1 Å². The van der Waals surface area contributed by atoms with Crippen molar-refractivity contribution < 1.29 is 0 Å². The van der Waals surface area contributed by atoms with E-state index < -0.39 is 0 Å². The molecule has 8 aromatic heterocycles. The van der Waals surface area contributed by atoms with Gasteiger partial charge in [-0.15, -0.1) is 0 Å². The van der Waals surface area contributed by atoms with Crippen LogP contribution in [0.1, 0.15) is 155 Å². The summed E-state index contributed by atoms with van der Waals surface area (Å²) in [4.78, 5) is 23.9. The summed E-state index contributed by atoms with van der Waals surface area (Å²) in [6.07, 6.45) is 32.0. The Morgan fingerprint density at radius 2 is 0.721 bits per heavy atom. The summed E-state index contributed by atoms with van der Waals surface area (Å²) in [6.45, 7) is 2.40. The highest BCUT2D eigenvalue weighted by atomic mass is 79.9. The lowest BCUT2D eigenvalue weighted by Crippen LogP contribution is -2.29. The Balaban J connectivity index is 0.000000113. The minimum absolute atomic E-state index is 0.688. The molecule has 8 aromatic rings. The normalized spacial score (nSPS) is 18.1. The molecule has 0 unspecified atom stereocenters. The Bertz CT molecular complexity index is 2840. The van der Waals surface area contributed by atoms with Gasteiger partial charge in [-0.3, -0.25) is 0 Å². The SMILES string of the molecule is Brc1ccc2c(C3CCCCC3)c[nH]c2n1.CN1CCC(c2cn(C)c3nc(Br)ccc23)CC1.Cn1cc(C2CCCCC2)c2ccc(Br)nc21.Cn1cc(C2CCCCC2)c2ccc(Br)nc21. The Morgan fingerprint density at radius 3 is 1.10 bits per heavy atom. The first-order valence-electron chi connectivity index (χ1n) is 25.2. The molecule has 0 radical (unpaired) electrons. The minimum atomic E-state index is 0.688. The number of H-pyrrole nitrogens is 1. The number of nitrogens with zero attached hydrogens (tertiary/aromatic N) is 8. The summed E-state index contributed by atoms with van der Waals surface area (Å²) in [6, 6.07) is 17.0. The maximum absolute atomic E-state index is 4.57. The number of fused-ring (bicyclic) bond motifs is 4. The predicted octanol–water partition coefficient (Wildman–Crippen LogP) is 16.3. The van der Waals surface area contributed by atoms with Gasteiger partial charge in [0, 0.05) is 67.5 Å². The van der Waals surface area contributed by atoms with Crippen LogP contribution in [0.2, 0.25) is 0 Å². The van der Waals surface area contributed by atoms with Crippen LogP contribution in [0, 0.1) is 0 Å². The lowest BCUT2D eigenvalue weighted by atomic mass is 9.84. The fourth-order valence-electron chi connectivity index (χ4n) is 11.7. The van der Waals surface area contributed by atoms with Crippen LogP contribution in [0.4, 0.5) is 0 Å². The molecule has 9 heterocycles. The molecule has 3 aliphatic carbocycles. The van der Waals surface area contributed by atoms with E-state index in [9.17, 15) is 0 Å². The van der Waals surface area contributed by atoms with E-state index in [1.807, 2.05) is 12.1 Å². The van der Waals surface area contributed by atoms with E-state index in [1.54, 1.807) is 0 Å². The van der Waals surface area contributed by atoms with Crippen molar-refractivity contribution in [2.45, 2.75) is 133 Å². The quantitative estimate of drug-likeness (QED) is 0.178. The van der Waals surface area contributed by atoms with Crippen LogP contribution in [-0.4, -0.2) is 63.7 Å². The molecule has 68 heavy (non-hydrogen) atoms. The summed E-state index contributed by atoms with van der Waals surface area (Å²) in [5.41, 5.74) is 10.2. The topological polar surface area (TPSA) is 85.4 Å². The van der Waals surface area contributed by atoms with Crippen molar-refractivity contribution >= 4 is 108 Å². The average Bonchev–Trinajstić information content (AvgIpc) is 4.12. The number of pyridine rings is 4. The maximum atomic E-state index is 4.57. The molecular formula is C55H67Br4N9. The lowest BCUT2D eigenvalue weighted by Gasteiger charge is -2.28. The molecule has 1 saturated heterocycles. The van der Waals surface area contributed by atoms with Crippen molar-refractivity contribution in [3.05, 3.63) is 114 Å². The molecule has 0 amide bonds. The number of likely N-dealkylation sites (tertiary alicyclic amines) is 1. The van der Waals surface area contributed by atoms with E-state index in [2.05, 4.69) is 197 Å². The number of aryl methyl sites for hydroxylation is 3. The third-order valence-electron chi connectivity index (χ3n) is 15.3. The van der Waals surface area contributed by atoms with E-state index in [-0.39, 0.29) is 0 Å². The lowest BCUT2D eigenvalue weighted by molar-refractivity contribution is 0.256. The molecule has 12 rings (SSSR count). The fourth-order valence-corrected chi connectivity index (χ4v) is 12.9. The number of aromatic nitrogens is 8. The summed E-state index contributed by atoms with van der Waals surface area (Å²) < 4.78 is 10.1. The zero-order valence-corrected chi connectivity index (χ0v) is 46.6. The van der Waals surface area contributed by atoms with E-state index in [0.29, 0.717) is 5.92 Å². The molecule has 0 aromatic carbocycles. The molecule has 360 valence electrons. The van der Waals surface area contributed by atoms with Crippen LogP contribution >= 0.6 is 63.7 Å². The Labute approximate surface area is 436 Å². The van der Waals surface area contributed by atoms with Crippen LogP contribution in [0.15, 0.2) is 91.7 Å². The van der Waals surface area contributed by atoms with Gasteiger partial charge in [-0.1, -0.05) is 57.8 Å². The molecule has 3 saturated carbocycles. The maximum Gasteiger partial charge on any atom is 0.141 e. The van der Waals surface area contributed by atoms with E-state index in [0.717, 1.165) is 58.8 Å². The van der Waals surface area contributed by atoms with Crippen LogP contribution in [0.5, 0.6) is 0 Å². The smallest absolute Gasteiger partial charge is 0.141 e. The zero-order chi connectivity index (χ0) is 47.3. The van der Waals surface area contributed by atoms with Crippen molar-refractivity contribution in [3.8, 4) is 0 Å². The molecule has 0 atom stereocenters. The molecule has 1 N–H and O–H groups in total. The van der Waals surface area contributed by atoms with Crippen LogP contribution in [0.25, 0.3) is 44.1 Å². The molecule has 4 aliphatic rings. The third-order valence-corrected chi connectivity index (χ3v) is 17.1. The molecule has 1 aliphatic heterocycles. The summed E-state index contributed by atoms with van der Waals surface area (Å²) in [5.74, 6) is 2.92. The second-order valence-electron chi connectivity index (χ2n) is 20.0. The van der Waals surface area contributed by atoms with E-state index in [1.165, 1.54) is 166 Å². The first-order valence-corrected chi connectivity index (χ1v) is 28.3. The molecule has 9 nitrogen and oxygen atoms in total. The third kappa shape index (κ3) is 11.5. The second-order valence-corrected chi connectivity index (χ2v) is 23.2. The molecule has 0 spiro atoms. The van der Waals surface area contributed by atoms with Gasteiger partial charge in [-0.05, 0) is 230 Å². The Morgan fingerprint density at radius 1 is 0.397 bits per heavy atom. The zero-order valence-electron chi connectivity index (χ0n) is 40.3. The number of hydrogen-bond donors (Lipinski definition) is 1. The largest absolute Gasteiger partial charge is 0.346 e. The standard InChI is InChI=1S/C14H18BrN3.2C14H17BrN2.C13H15BrN2/c1-17-7-5-10(6-8-17)12-9-18(2)14-11(12)3-4-13(15)16-14;2*1-17-9-12(10-5-3-2-4-6-10)11-7-8-13(15)16-14(11)17;14-12-7-6-10-11(8-15-13(10)16-12)9-4-2-1-3-5-9/h3-4,9-10H,5-8H2,1-2H3;2*7-10H,2-6H2,1H3;6-9H,1-5H2,(H,15,16). The van der Waals surface area contributed by atoms with Gasteiger partial charge in [0.25, 0.3) is 0 Å². The molecule has 4 fully saturated rings. The highest BCUT2D eigenvalue weighted by Crippen LogP contribution is 2.40. The number of piperidine rings is 1.